The van der Waals surface area contributed by atoms with Gasteiger partial charge < -0.3 is 16.0 Å². The number of hydrogen-bond acceptors (Lipinski definition) is 6. The van der Waals surface area contributed by atoms with Crippen molar-refractivity contribution in [1.82, 2.24) is 10.3 Å². The third-order valence-electron chi connectivity index (χ3n) is 7.18. The Morgan fingerprint density at radius 3 is 2.18 bits per heavy atom. The van der Waals surface area contributed by atoms with E-state index in [4.69, 9.17) is 0 Å². The van der Waals surface area contributed by atoms with Gasteiger partial charge in [-0.3, -0.25) is 14.4 Å². The van der Waals surface area contributed by atoms with Crippen LogP contribution in [0.5, 0.6) is 0 Å². The first-order valence-electron chi connectivity index (χ1n) is 15.2. The fourth-order valence-corrected chi connectivity index (χ4v) is 7.05. The Morgan fingerprint density at radius 2 is 1.45 bits per heavy atom. The summed E-state index contributed by atoms with van der Waals surface area (Å²) < 4.78 is 0.837. The van der Waals surface area contributed by atoms with Gasteiger partial charge >= 0.3 is 0 Å². The Kier molecular flexibility index (Phi) is 11.1. The summed E-state index contributed by atoms with van der Waals surface area (Å²) in [7, 11) is 0. The molecule has 0 aliphatic heterocycles. The first-order chi connectivity index (χ1) is 23.9. The van der Waals surface area contributed by atoms with Crippen LogP contribution >= 0.6 is 39.0 Å². The van der Waals surface area contributed by atoms with Gasteiger partial charge in [-0.2, -0.15) is 0 Å². The van der Waals surface area contributed by atoms with E-state index in [2.05, 4.69) is 36.9 Å². The number of nitrogens with one attached hydrogen (secondary N) is 3. The minimum absolute atomic E-state index is 0.0740. The number of thiazole rings is 1. The van der Waals surface area contributed by atoms with Crippen LogP contribution in [-0.4, -0.2) is 22.7 Å². The summed E-state index contributed by atoms with van der Waals surface area (Å²) in [5.41, 5.74) is 4.32. The second kappa shape index (κ2) is 16.2. The number of rotatable bonds is 11. The summed E-state index contributed by atoms with van der Waals surface area (Å²) in [6.07, 6.45) is 1.62. The van der Waals surface area contributed by atoms with Crippen LogP contribution in [0.1, 0.15) is 26.7 Å². The van der Waals surface area contributed by atoms with E-state index in [1.165, 1.54) is 23.1 Å². The molecule has 3 amide bonds. The predicted molar refractivity (Wildman–Crippen MR) is 202 cm³/mol. The molecule has 0 aliphatic rings. The van der Waals surface area contributed by atoms with E-state index in [1.807, 2.05) is 109 Å². The Morgan fingerprint density at radius 1 is 0.755 bits per heavy atom. The zero-order chi connectivity index (χ0) is 34.0. The van der Waals surface area contributed by atoms with Gasteiger partial charge in [-0.1, -0.05) is 113 Å². The Balaban J connectivity index is 1.21. The van der Waals surface area contributed by atoms with Crippen molar-refractivity contribution in [3.8, 4) is 11.3 Å². The molecule has 1 heterocycles. The molecule has 0 spiro atoms. The number of thioether (sulfide) groups is 1. The van der Waals surface area contributed by atoms with Crippen molar-refractivity contribution >= 4 is 73.6 Å². The maximum absolute atomic E-state index is 13.7. The number of hydrogen-bond donors (Lipinski definition) is 3. The second-order valence-corrected chi connectivity index (χ2v) is 13.7. The SMILES string of the molecule is O=C(Nc1cccc(SC(C(=O)Nc2nc(-c3ccccc3)cs2)c2ccccc2)c1)/C(=C\c1cccc(Br)c1)NC(=O)c1ccccc1. The van der Waals surface area contributed by atoms with Crippen LogP contribution < -0.4 is 16.0 Å². The molecule has 0 saturated carbocycles. The van der Waals surface area contributed by atoms with E-state index in [9.17, 15) is 14.4 Å². The molecule has 1 atom stereocenters. The third kappa shape index (κ3) is 9.20. The first-order valence-corrected chi connectivity index (χ1v) is 17.7. The summed E-state index contributed by atoms with van der Waals surface area (Å²) in [4.78, 5) is 45.9. The number of anilines is 2. The molecule has 242 valence electrons. The summed E-state index contributed by atoms with van der Waals surface area (Å²) in [5.74, 6) is -1.13. The average Bonchev–Trinajstić information content (AvgIpc) is 3.60. The van der Waals surface area contributed by atoms with E-state index >= 15 is 0 Å². The number of aromatic nitrogens is 1. The van der Waals surface area contributed by atoms with E-state index in [-0.39, 0.29) is 11.6 Å². The third-order valence-corrected chi connectivity index (χ3v) is 9.68. The van der Waals surface area contributed by atoms with Gasteiger partial charge in [0.2, 0.25) is 5.91 Å². The summed E-state index contributed by atoms with van der Waals surface area (Å²) in [6.45, 7) is 0. The van der Waals surface area contributed by atoms with Gasteiger partial charge in [0.05, 0.1) is 5.69 Å². The maximum Gasteiger partial charge on any atom is 0.272 e. The van der Waals surface area contributed by atoms with E-state index < -0.39 is 17.1 Å². The van der Waals surface area contributed by atoms with Crippen molar-refractivity contribution in [2.24, 2.45) is 0 Å². The zero-order valence-electron chi connectivity index (χ0n) is 25.9. The highest BCUT2D eigenvalue weighted by molar-refractivity contribution is 9.10. The van der Waals surface area contributed by atoms with Gasteiger partial charge in [-0.15, -0.1) is 23.1 Å². The quantitative estimate of drug-likeness (QED) is 0.0907. The molecular formula is C39H29BrN4O3S2. The van der Waals surface area contributed by atoms with Crippen molar-refractivity contribution in [3.63, 3.8) is 0 Å². The van der Waals surface area contributed by atoms with Crippen molar-refractivity contribution < 1.29 is 14.4 Å². The molecule has 10 heteroatoms. The van der Waals surface area contributed by atoms with Gasteiger partial charge in [0.25, 0.3) is 11.8 Å². The van der Waals surface area contributed by atoms with E-state index in [0.717, 1.165) is 31.8 Å². The zero-order valence-corrected chi connectivity index (χ0v) is 29.1. The fraction of sp³-hybridized carbons (Fsp3) is 0.0256. The molecule has 0 bridgehead atoms. The summed E-state index contributed by atoms with van der Waals surface area (Å²) >= 11 is 6.19. The molecule has 0 fully saturated rings. The molecule has 7 nitrogen and oxygen atoms in total. The smallest absolute Gasteiger partial charge is 0.272 e. The molecule has 6 aromatic rings. The number of amides is 3. The normalized spacial score (nSPS) is 11.7. The van der Waals surface area contributed by atoms with Gasteiger partial charge in [-0.05, 0) is 59.7 Å². The molecule has 49 heavy (non-hydrogen) atoms. The molecular weight excluding hydrogens is 716 g/mol. The lowest BCUT2D eigenvalue weighted by molar-refractivity contribution is -0.116. The fourth-order valence-electron chi connectivity index (χ4n) is 4.83. The standard InChI is InChI=1S/C39H29BrN4O3S2/c40-30-19-10-12-26(22-30)23-33(42-36(45)29-17-8-3-9-18-29)37(46)41-31-20-11-21-32(24-31)49-35(28-15-6-2-7-16-28)38(47)44-39-43-34(25-48-39)27-13-4-1-5-14-27/h1-25,35H,(H,41,46)(H,42,45)(H,43,44,47)/b33-23+. The van der Waals surface area contributed by atoms with Crippen molar-refractivity contribution in [1.29, 1.82) is 0 Å². The molecule has 1 unspecified atom stereocenters. The minimum atomic E-state index is -0.603. The number of halogens is 1. The van der Waals surface area contributed by atoms with Crippen molar-refractivity contribution in [2.75, 3.05) is 10.6 Å². The van der Waals surface area contributed by atoms with Crippen molar-refractivity contribution in [2.45, 2.75) is 10.1 Å². The van der Waals surface area contributed by atoms with Gasteiger partial charge in [0, 0.05) is 31.6 Å². The molecule has 0 aliphatic carbocycles. The highest BCUT2D eigenvalue weighted by atomic mass is 79.9. The molecule has 1 aromatic heterocycles. The Hall–Kier alpha value is -5.29. The number of carbonyl (C=O) groups excluding carboxylic acids is 3. The Bertz CT molecular complexity index is 2110. The lowest BCUT2D eigenvalue weighted by Crippen LogP contribution is -2.30. The van der Waals surface area contributed by atoms with Gasteiger partial charge in [0.1, 0.15) is 10.9 Å². The lowest BCUT2D eigenvalue weighted by Gasteiger charge is -2.17. The number of benzene rings is 5. The summed E-state index contributed by atoms with van der Waals surface area (Å²) in [5, 5.41) is 10.5. The second-order valence-electron chi connectivity index (χ2n) is 10.7. The average molecular weight is 746 g/mol. The van der Waals surface area contributed by atoms with Crippen LogP contribution in [0.25, 0.3) is 17.3 Å². The van der Waals surface area contributed by atoms with E-state index in [0.29, 0.717) is 16.4 Å². The molecule has 0 saturated heterocycles. The molecule has 5 aromatic carbocycles. The lowest BCUT2D eigenvalue weighted by atomic mass is 10.1. The van der Waals surface area contributed by atoms with Crippen LogP contribution in [0.15, 0.2) is 160 Å². The minimum Gasteiger partial charge on any atom is -0.321 e. The number of nitrogens with zero attached hydrogens (tertiary/aromatic N) is 1. The predicted octanol–water partition coefficient (Wildman–Crippen LogP) is 9.45. The van der Waals surface area contributed by atoms with Crippen LogP contribution in [0.4, 0.5) is 10.8 Å². The van der Waals surface area contributed by atoms with Gasteiger partial charge in [0.15, 0.2) is 5.13 Å². The highest BCUT2D eigenvalue weighted by Gasteiger charge is 2.24. The first kappa shape index (κ1) is 33.6. The van der Waals surface area contributed by atoms with Crippen LogP contribution in [0, 0.1) is 0 Å². The van der Waals surface area contributed by atoms with E-state index in [1.54, 1.807) is 42.5 Å². The van der Waals surface area contributed by atoms with Gasteiger partial charge in [-0.25, -0.2) is 4.98 Å². The molecule has 6 rings (SSSR count). The molecule has 3 N–H and O–H groups in total. The maximum atomic E-state index is 13.7. The topological polar surface area (TPSA) is 100 Å². The molecule has 0 radical (unpaired) electrons. The van der Waals surface area contributed by atoms with Crippen LogP contribution in [-0.2, 0) is 9.59 Å². The monoisotopic (exact) mass is 744 g/mol. The Labute approximate surface area is 300 Å². The van der Waals surface area contributed by atoms with Crippen molar-refractivity contribution in [3.05, 3.63) is 172 Å². The number of carbonyl (C=O) groups is 3. The van der Waals surface area contributed by atoms with Crippen LogP contribution in [0.3, 0.4) is 0 Å². The summed E-state index contributed by atoms with van der Waals surface area (Å²) in [6, 6.07) is 42.7. The largest absolute Gasteiger partial charge is 0.321 e. The van der Waals surface area contributed by atoms with Crippen LogP contribution in [0.2, 0.25) is 0 Å². The highest BCUT2D eigenvalue weighted by Crippen LogP contribution is 2.38.